The highest BCUT2D eigenvalue weighted by atomic mass is 15.1. The minimum absolute atomic E-state index is 0.657. The summed E-state index contributed by atoms with van der Waals surface area (Å²) in [6, 6.07) is 12.2. The molecule has 19 heavy (non-hydrogen) atoms. The van der Waals surface area contributed by atoms with Crippen LogP contribution in [-0.4, -0.2) is 36.6 Å². The average Bonchev–Trinajstić information content (AvgIpc) is 2.43. The number of nitrogens with one attached hydrogen (secondary N) is 1. The molecule has 1 heterocycles. The maximum absolute atomic E-state index is 3.74. The first-order chi connectivity index (χ1) is 9.28. The largest absolute Gasteiger partial charge is 0.311 e. The molecule has 1 aromatic carbocycles. The molecule has 0 aliphatic carbocycles. The molecule has 2 nitrogen and oxygen atoms in total. The fraction of sp³-hybridized carbons (Fsp3) is 0.647. The molecule has 1 aromatic rings. The molecule has 2 rings (SSSR count). The second kappa shape index (κ2) is 7.66. The van der Waals surface area contributed by atoms with Crippen molar-refractivity contribution in [3.05, 3.63) is 35.9 Å². The topological polar surface area (TPSA) is 15.3 Å². The van der Waals surface area contributed by atoms with Crippen LogP contribution in [0.3, 0.4) is 0 Å². The van der Waals surface area contributed by atoms with Gasteiger partial charge in [-0.2, -0.15) is 0 Å². The van der Waals surface area contributed by atoms with Crippen LogP contribution < -0.4 is 5.32 Å². The molecule has 1 aliphatic rings. The van der Waals surface area contributed by atoms with Crippen molar-refractivity contribution in [2.75, 3.05) is 19.6 Å². The zero-order chi connectivity index (χ0) is 13.5. The second-order valence-electron chi connectivity index (χ2n) is 5.83. The van der Waals surface area contributed by atoms with Gasteiger partial charge in [0.2, 0.25) is 0 Å². The molecule has 0 amide bonds. The minimum atomic E-state index is 0.657. The van der Waals surface area contributed by atoms with Gasteiger partial charge >= 0.3 is 0 Å². The van der Waals surface area contributed by atoms with Crippen LogP contribution in [0, 0.1) is 0 Å². The molecular formula is C17H28N2. The van der Waals surface area contributed by atoms with Crippen molar-refractivity contribution in [3.63, 3.8) is 0 Å². The molecular weight excluding hydrogens is 232 g/mol. The van der Waals surface area contributed by atoms with E-state index in [4.69, 9.17) is 0 Å². The molecule has 106 valence electrons. The third-order valence-electron chi connectivity index (χ3n) is 4.24. The number of rotatable bonds is 4. The average molecular weight is 260 g/mol. The number of hydrogen-bond acceptors (Lipinski definition) is 2. The summed E-state index contributed by atoms with van der Waals surface area (Å²) in [7, 11) is 0. The highest BCUT2D eigenvalue weighted by Gasteiger charge is 2.17. The molecule has 0 spiro atoms. The maximum atomic E-state index is 3.74. The third-order valence-corrected chi connectivity index (χ3v) is 4.24. The quantitative estimate of drug-likeness (QED) is 0.895. The lowest BCUT2D eigenvalue weighted by Crippen LogP contribution is -2.44. The first-order valence-electron chi connectivity index (χ1n) is 7.80. The van der Waals surface area contributed by atoms with Crippen LogP contribution in [0.4, 0.5) is 0 Å². The summed E-state index contributed by atoms with van der Waals surface area (Å²) in [6.45, 7) is 8.29. The van der Waals surface area contributed by atoms with Crippen molar-refractivity contribution in [1.29, 1.82) is 0 Å². The van der Waals surface area contributed by atoms with Gasteiger partial charge in [0.05, 0.1) is 0 Å². The first-order valence-corrected chi connectivity index (χ1v) is 7.80. The maximum Gasteiger partial charge on any atom is 0.00790 e. The van der Waals surface area contributed by atoms with E-state index in [0.717, 1.165) is 0 Å². The molecule has 2 atom stereocenters. The Bertz CT molecular complexity index is 350. The van der Waals surface area contributed by atoms with Gasteiger partial charge in [-0.1, -0.05) is 37.3 Å². The van der Waals surface area contributed by atoms with Crippen molar-refractivity contribution in [3.8, 4) is 0 Å². The number of nitrogens with zero attached hydrogens (tertiary/aromatic N) is 1. The molecule has 2 heteroatoms. The predicted molar refractivity (Wildman–Crippen MR) is 82.5 cm³/mol. The van der Waals surface area contributed by atoms with E-state index in [1.807, 2.05) is 0 Å². The Morgan fingerprint density at radius 2 is 1.89 bits per heavy atom. The van der Waals surface area contributed by atoms with Gasteiger partial charge in [0.1, 0.15) is 0 Å². The number of benzene rings is 1. The Balaban J connectivity index is 1.82. The summed E-state index contributed by atoms with van der Waals surface area (Å²) < 4.78 is 0. The molecule has 1 saturated heterocycles. The molecule has 2 unspecified atom stereocenters. The summed E-state index contributed by atoms with van der Waals surface area (Å²) in [5.41, 5.74) is 1.46. The zero-order valence-corrected chi connectivity index (χ0v) is 12.4. The molecule has 1 N–H and O–H groups in total. The summed E-state index contributed by atoms with van der Waals surface area (Å²) in [4.78, 5) is 2.65. The molecule has 0 radical (unpaired) electrons. The van der Waals surface area contributed by atoms with E-state index in [1.165, 1.54) is 50.9 Å². The second-order valence-corrected chi connectivity index (χ2v) is 5.83. The molecule has 0 saturated carbocycles. The van der Waals surface area contributed by atoms with Gasteiger partial charge in [0, 0.05) is 18.6 Å². The smallest absolute Gasteiger partial charge is 0.00790 e. The van der Waals surface area contributed by atoms with Gasteiger partial charge in [-0.25, -0.2) is 0 Å². The van der Waals surface area contributed by atoms with Crippen LogP contribution in [0.25, 0.3) is 0 Å². The van der Waals surface area contributed by atoms with Crippen molar-refractivity contribution in [1.82, 2.24) is 10.2 Å². The van der Waals surface area contributed by atoms with Crippen LogP contribution in [0.2, 0.25) is 0 Å². The van der Waals surface area contributed by atoms with Crippen molar-refractivity contribution < 1.29 is 0 Å². The summed E-state index contributed by atoms with van der Waals surface area (Å²) in [6.07, 6.45) is 4.98. The van der Waals surface area contributed by atoms with Crippen LogP contribution in [0.5, 0.6) is 0 Å². The molecule has 0 aromatic heterocycles. The van der Waals surface area contributed by atoms with Crippen LogP contribution >= 0.6 is 0 Å². The summed E-state index contributed by atoms with van der Waals surface area (Å²) in [5.74, 6) is 0. The Labute approximate surface area is 118 Å². The molecule has 0 bridgehead atoms. The van der Waals surface area contributed by atoms with E-state index in [-0.39, 0.29) is 0 Å². The van der Waals surface area contributed by atoms with Crippen molar-refractivity contribution in [2.24, 2.45) is 0 Å². The van der Waals surface area contributed by atoms with Gasteiger partial charge in [-0.05, 0) is 51.3 Å². The van der Waals surface area contributed by atoms with Crippen molar-refractivity contribution >= 4 is 0 Å². The molecule has 1 fully saturated rings. The standard InChI is InChI=1S/C17H28N2/c1-3-17-11-14-19(12-9-15(2)18-17)13-10-16-7-5-4-6-8-16/h4-8,15,17-18H,3,9-14H2,1-2H3. The lowest BCUT2D eigenvalue weighted by Gasteiger charge is -2.32. The monoisotopic (exact) mass is 260 g/mol. The Morgan fingerprint density at radius 1 is 1.16 bits per heavy atom. The minimum Gasteiger partial charge on any atom is -0.311 e. The SMILES string of the molecule is CCC1CCN(CCc2ccccc2)CCC(C)N1. The van der Waals surface area contributed by atoms with Crippen LogP contribution in [0.1, 0.15) is 38.7 Å². The lowest BCUT2D eigenvalue weighted by atomic mass is 10.0. The van der Waals surface area contributed by atoms with E-state index in [0.29, 0.717) is 12.1 Å². The fourth-order valence-electron chi connectivity index (χ4n) is 2.87. The van der Waals surface area contributed by atoms with Gasteiger partial charge in [0.15, 0.2) is 0 Å². The van der Waals surface area contributed by atoms with Gasteiger partial charge < -0.3 is 10.2 Å². The summed E-state index contributed by atoms with van der Waals surface area (Å²) >= 11 is 0. The van der Waals surface area contributed by atoms with Crippen LogP contribution in [0.15, 0.2) is 30.3 Å². The Morgan fingerprint density at radius 3 is 2.63 bits per heavy atom. The number of hydrogen-bond donors (Lipinski definition) is 1. The Kier molecular flexibility index (Phi) is 5.87. The highest BCUT2D eigenvalue weighted by molar-refractivity contribution is 5.14. The normalized spacial score (nSPS) is 25.8. The van der Waals surface area contributed by atoms with Crippen molar-refractivity contribution in [2.45, 2.75) is 51.6 Å². The first kappa shape index (κ1) is 14.5. The molecule has 1 aliphatic heterocycles. The third kappa shape index (κ3) is 4.96. The van der Waals surface area contributed by atoms with Crippen LogP contribution in [-0.2, 0) is 6.42 Å². The van der Waals surface area contributed by atoms with Gasteiger partial charge in [-0.15, -0.1) is 0 Å². The van der Waals surface area contributed by atoms with E-state index >= 15 is 0 Å². The predicted octanol–water partition coefficient (Wildman–Crippen LogP) is 3.08. The highest BCUT2D eigenvalue weighted by Crippen LogP contribution is 2.10. The van der Waals surface area contributed by atoms with Gasteiger partial charge in [0.25, 0.3) is 0 Å². The zero-order valence-electron chi connectivity index (χ0n) is 12.4. The van der Waals surface area contributed by atoms with Gasteiger partial charge in [-0.3, -0.25) is 0 Å². The Hall–Kier alpha value is -0.860. The van der Waals surface area contributed by atoms with E-state index in [1.54, 1.807) is 0 Å². The van der Waals surface area contributed by atoms with E-state index in [2.05, 4.69) is 54.4 Å². The van der Waals surface area contributed by atoms with E-state index < -0.39 is 0 Å². The lowest BCUT2D eigenvalue weighted by molar-refractivity contribution is 0.214. The fourth-order valence-corrected chi connectivity index (χ4v) is 2.87. The summed E-state index contributed by atoms with van der Waals surface area (Å²) in [5, 5.41) is 3.74. The van der Waals surface area contributed by atoms with E-state index in [9.17, 15) is 0 Å².